The largest absolute Gasteiger partial charge is 0.356 e. The van der Waals surface area contributed by atoms with Gasteiger partial charge in [0.15, 0.2) is 0 Å². The molecular formula is C15H30N2O. The molecule has 106 valence electrons. The molecule has 0 saturated heterocycles. The van der Waals surface area contributed by atoms with E-state index in [0.717, 1.165) is 38.8 Å². The van der Waals surface area contributed by atoms with Crippen LogP contribution in [0.5, 0.6) is 0 Å². The zero-order chi connectivity index (χ0) is 13.6. The summed E-state index contributed by atoms with van der Waals surface area (Å²) in [4.78, 5) is 12.1. The molecule has 0 aromatic heterocycles. The van der Waals surface area contributed by atoms with Gasteiger partial charge in [0.1, 0.15) is 0 Å². The monoisotopic (exact) mass is 254 g/mol. The molecule has 0 aromatic rings. The highest BCUT2D eigenvalue weighted by Gasteiger charge is 2.26. The summed E-state index contributed by atoms with van der Waals surface area (Å²) < 4.78 is 0. The zero-order valence-electron chi connectivity index (χ0n) is 12.3. The predicted molar refractivity (Wildman–Crippen MR) is 76.2 cm³/mol. The van der Waals surface area contributed by atoms with Gasteiger partial charge in [-0.05, 0) is 43.6 Å². The molecule has 0 aromatic carbocycles. The highest BCUT2D eigenvalue weighted by molar-refractivity contribution is 5.78. The second-order valence-corrected chi connectivity index (χ2v) is 6.91. The maximum Gasteiger partial charge on any atom is 0.223 e. The summed E-state index contributed by atoms with van der Waals surface area (Å²) in [6, 6.07) is 0. The molecule has 18 heavy (non-hydrogen) atoms. The van der Waals surface area contributed by atoms with Gasteiger partial charge in [-0.2, -0.15) is 0 Å². The van der Waals surface area contributed by atoms with Crippen LogP contribution in [0.2, 0.25) is 0 Å². The van der Waals surface area contributed by atoms with Gasteiger partial charge in [0, 0.05) is 12.5 Å². The van der Waals surface area contributed by atoms with Crippen LogP contribution >= 0.6 is 0 Å². The molecule has 0 radical (unpaired) electrons. The van der Waals surface area contributed by atoms with Gasteiger partial charge in [0.25, 0.3) is 0 Å². The Morgan fingerprint density at radius 3 is 2.67 bits per heavy atom. The second-order valence-electron chi connectivity index (χ2n) is 6.91. The molecule has 3 nitrogen and oxygen atoms in total. The summed E-state index contributed by atoms with van der Waals surface area (Å²) in [7, 11) is 0. The Labute approximate surface area is 112 Å². The van der Waals surface area contributed by atoms with Crippen molar-refractivity contribution in [3.63, 3.8) is 0 Å². The van der Waals surface area contributed by atoms with Crippen LogP contribution in [0.4, 0.5) is 0 Å². The first kappa shape index (κ1) is 15.5. The Bertz CT molecular complexity index is 256. The second kappa shape index (κ2) is 7.13. The molecule has 1 rings (SSSR count). The number of hydrogen-bond acceptors (Lipinski definition) is 2. The van der Waals surface area contributed by atoms with Crippen LogP contribution < -0.4 is 11.1 Å². The van der Waals surface area contributed by atoms with Gasteiger partial charge in [-0.15, -0.1) is 0 Å². The molecule has 1 fully saturated rings. The number of nitrogens with two attached hydrogens (primary N) is 1. The first-order valence-electron chi connectivity index (χ1n) is 7.40. The van der Waals surface area contributed by atoms with Crippen LogP contribution in [0, 0.1) is 17.3 Å². The number of carbonyl (C=O) groups excluding carboxylic acids is 1. The van der Waals surface area contributed by atoms with Gasteiger partial charge in [-0.1, -0.05) is 33.6 Å². The maximum absolute atomic E-state index is 12.1. The van der Waals surface area contributed by atoms with Crippen molar-refractivity contribution in [3.05, 3.63) is 0 Å². The average molecular weight is 254 g/mol. The van der Waals surface area contributed by atoms with Crippen molar-refractivity contribution in [2.75, 3.05) is 13.1 Å². The Kier molecular flexibility index (Phi) is 6.13. The molecule has 2 unspecified atom stereocenters. The van der Waals surface area contributed by atoms with Crippen molar-refractivity contribution in [1.29, 1.82) is 0 Å². The van der Waals surface area contributed by atoms with E-state index in [9.17, 15) is 4.79 Å². The maximum atomic E-state index is 12.1. The van der Waals surface area contributed by atoms with Crippen molar-refractivity contribution in [2.45, 2.75) is 59.3 Å². The third-order valence-corrected chi connectivity index (χ3v) is 3.90. The van der Waals surface area contributed by atoms with E-state index in [1.165, 1.54) is 12.8 Å². The van der Waals surface area contributed by atoms with Crippen LogP contribution in [0.1, 0.15) is 59.3 Å². The predicted octanol–water partition coefficient (Wildman–Crippen LogP) is 2.69. The summed E-state index contributed by atoms with van der Waals surface area (Å²) in [6.07, 6.45) is 6.65. The van der Waals surface area contributed by atoms with Gasteiger partial charge in [-0.25, -0.2) is 0 Å². The van der Waals surface area contributed by atoms with Crippen molar-refractivity contribution in [1.82, 2.24) is 5.32 Å². The lowest BCUT2D eigenvalue weighted by Gasteiger charge is -2.28. The molecular weight excluding hydrogens is 224 g/mol. The fourth-order valence-corrected chi connectivity index (χ4v) is 2.73. The number of carbonyl (C=O) groups is 1. The van der Waals surface area contributed by atoms with E-state index in [1.807, 2.05) is 0 Å². The lowest BCUT2D eigenvalue weighted by molar-refractivity contribution is -0.126. The third-order valence-electron chi connectivity index (χ3n) is 3.90. The molecule has 1 aliphatic carbocycles. The van der Waals surface area contributed by atoms with Crippen LogP contribution in [0.15, 0.2) is 0 Å². The first-order valence-corrected chi connectivity index (χ1v) is 7.40. The van der Waals surface area contributed by atoms with Gasteiger partial charge in [-0.3, -0.25) is 4.79 Å². The topological polar surface area (TPSA) is 55.1 Å². The fourth-order valence-electron chi connectivity index (χ4n) is 2.73. The Morgan fingerprint density at radius 2 is 2.06 bits per heavy atom. The van der Waals surface area contributed by atoms with E-state index in [1.54, 1.807) is 0 Å². The van der Waals surface area contributed by atoms with E-state index >= 15 is 0 Å². The molecule has 1 amide bonds. The van der Waals surface area contributed by atoms with Gasteiger partial charge < -0.3 is 11.1 Å². The molecule has 0 aliphatic heterocycles. The Hall–Kier alpha value is -0.570. The number of nitrogens with one attached hydrogen (secondary N) is 1. The summed E-state index contributed by atoms with van der Waals surface area (Å²) in [5.41, 5.74) is 5.90. The van der Waals surface area contributed by atoms with Crippen molar-refractivity contribution < 1.29 is 4.79 Å². The van der Waals surface area contributed by atoms with E-state index in [4.69, 9.17) is 5.73 Å². The smallest absolute Gasteiger partial charge is 0.223 e. The van der Waals surface area contributed by atoms with Crippen molar-refractivity contribution >= 4 is 5.91 Å². The van der Waals surface area contributed by atoms with E-state index in [2.05, 4.69) is 26.1 Å². The van der Waals surface area contributed by atoms with Crippen LogP contribution in [-0.4, -0.2) is 19.0 Å². The average Bonchev–Trinajstić information content (AvgIpc) is 2.28. The van der Waals surface area contributed by atoms with E-state index < -0.39 is 0 Å². The molecule has 3 heteroatoms. The minimum atomic E-state index is 0.232. The number of amides is 1. The fraction of sp³-hybridized carbons (Fsp3) is 0.933. The minimum absolute atomic E-state index is 0.232. The molecule has 1 aliphatic rings. The van der Waals surface area contributed by atoms with Crippen molar-refractivity contribution in [3.8, 4) is 0 Å². The normalized spacial score (nSPS) is 24.9. The molecule has 3 N–H and O–H groups in total. The summed E-state index contributed by atoms with van der Waals surface area (Å²) in [6.45, 7) is 8.18. The summed E-state index contributed by atoms with van der Waals surface area (Å²) in [5, 5.41) is 3.10. The minimum Gasteiger partial charge on any atom is -0.356 e. The van der Waals surface area contributed by atoms with Gasteiger partial charge >= 0.3 is 0 Å². The standard InChI is InChI=1S/C15H30N2O/c1-15(2,3)8-10-17-14(18)13-6-4-5-12(11-13)7-9-16/h12-13H,4-11,16H2,1-3H3,(H,17,18). The molecule has 2 atom stereocenters. The number of hydrogen-bond donors (Lipinski definition) is 2. The van der Waals surface area contributed by atoms with Crippen molar-refractivity contribution in [2.24, 2.45) is 23.0 Å². The molecule has 0 bridgehead atoms. The highest BCUT2D eigenvalue weighted by Crippen LogP contribution is 2.31. The highest BCUT2D eigenvalue weighted by atomic mass is 16.1. The van der Waals surface area contributed by atoms with Crippen LogP contribution in [0.3, 0.4) is 0 Å². The Balaban J connectivity index is 2.28. The summed E-state index contributed by atoms with van der Waals surface area (Å²) in [5.74, 6) is 1.17. The lowest BCUT2D eigenvalue weighted by atomic mass is 9.79. The zero-order valence-corrected chi connectivity index (χ0v) is 12.3. The SMILES string of the molecule is CC(C)(C)CCNC(=O)C1CCCC(CCN)C1. The third kappa shape index (κ3) is 5.85. The number of rotatable bonds is 5. The lowest BCUT2D eigenvalue weighted by Crippen LogP contribution is -2.35. The van der Waals surface area contributed by atoms with Gasteiger partial charge in [0.05, 0.1) is 0 Å². The van der Waals surface area contributed by atoms with E-state index in [0.29, 0.717) is 11.3 Å². The first-order chi connectivity index (χ1) is 8.42. The molecule has 0 spiro atoms. The van der Waals surface area contributed by atoms with Gasteiger partial charge in [0.2, 0.25) is 5.91 Å². The summed E-state index contributed by atoms with van der Waals surface area (Å²) >= 11 is 0. The molecule has 1 saturated carbocycles. The quantitative estimate of drug-likeness (QED) is 0.792. The van der Waals surface area contributed by atoms with E-state index in [-0.39, 0.29) is 11.8 Å². The van der Waals surface area contributed by atoms with Crippen LogP contribution in [0.25, 0.3) is 0 Å². The Morgan fingerprint density at radius 1 is 1.33 bits per heavy atom. The van der Waals surface area contributed by atoms with Crippen LogP contribution in [-0.2, 0) is 4.79 Å². The molecule has 0 heterocycles.